The summed E-state index contributed by atoms with van der Waals surface area (Å²) < 4.78 is 35.7. The molecule has 17 heavy (non-hydrogen) atoms. The highest BCUT2D eigenvalue weighted by Gasteiger charge is 2.31. The number of halogens is 4. The number of nitrogens with zero attached hydrogens (tertiary/aromatic N) is 1. The minimum Gasteiger partial charge on any atom is -0.324 e. The normalized spacial score (nSPS) is 10.8. The molecule has 1 aromatic rings. The Kier molecular flexibility index (Phi) is 3.97. The molecule has 0 heterocycles. The minimum atomic E-state index is -4.58. The number of alkyl halides is 3. The third-order valence-corrected chi connectivity index (χ3v) is 2.06. The van der Waals surface area contributed by atoms with Crippen molar-refractivity contribution in [3.05, 3.63) is 28.8 Å². The molecule has 0 aliphatic rings. The van der Waals surface area contributed by atoms with Gasteiger partial charge in [0.25, 0.3) is 0 Å². The van der Waals surface area contributed by atoms with E-state index in [4.69, 9.17) is 16.9 Å². The van der Waals surface area contributed by atoms with E-state index in [2.05, 4.69) is 0 Å². The van der Waals surface area contributed by atoms with Gasteiger partial charge in [-0.25, -0.2) is 0 Å². The summed E-state index contributed by atoms with van der Waals surface area (Å²) in [6.07, 6.45) is -6.18. The van der Waals surface area contributed by atoms with Crippen molar-refractivity contribution in [2.75, 3.05) is 5.32 Å². The van der Waals surface area contributed by atoms with Crippen LogP contribution in [0.3, 0.4) is 0 Å². The van der Waals surface area contributed by atoms with E-state index in [0.717, 1.165) is 0 Å². The van der Waals surface area contributed by atoms with Gasteiger partial charge in [-0.05, 0) is 18.2 Å². The molecule has 0 atom stereocenters. The molecule has 90 valence electrons. The first-order valence-corrected chi connectivity index (χ1v) is 4.76. The van der Waals surface area contributed by atoms with Crippen molar-refractivity contribution in [2.45, 2.75) is 12.6 Å². The predicted molar refractivity (Wildman–Crippen MR) is 55.5 cm³/mol. The van der Waals surface area contributed by atoms with E-state index in [0.29, 0.717) is 0 Å². The maximum Gasteiger partial charge on any atom is 0.397 e. The number of rotatable bonds is 2. The highest BCUT2D eigenvalue weighted by atomic mass is 35.5. The van der Waals surface area contributed by atoms with Gasteiger partial charge >= 0.3 is 6.18 Å². The van der Waals surface area contributed by atoms with Gasteiger partial charge in [0, 0.05) is 0 Å². The molecule has 0 bridgehead atoms. The van der Waals surface area contributed by atoms with Gasteiger partial charge in [-0.1, -0.05) is 11.6 Å². The first-order chi connectivity index (χ1) is 7.81. The lowest BCUT2D eigenvalue weighted by molar-refractivity contribution is -0.150. The Bertz CT molecular complexity index is 479. The van der Waals surface area contributed by atoms with Crippen LogP contribution in [0.5, 0.6) is 0 Å². The molecule has 0 aromatic heterocycles. The van der Waals surface area contributed by atoms with Crippen LogP contribution in [-0.4, -0.2) is 12.1 Å². The van der Waals surface area contributed by atoms with Crippen LogP contribution >= 0.6 is 11.6 Å². The van der Waals surface area contributed by atoms with Crippen molar-refractivity contribution >= 4 is 23.2 Å². The summed E-state index contributed by atoms with van der Waals surface area (Å²) in [7, 11) is 0. The van der Waals surface area contributed by atoms with Crippen molar-refractivity contribution in [2.24, 2.45) is 0 Å². The molecule has 0 aliphatic heterocycles. The average Bonchev–Trinajstić information content (AvgIpc) is 2.18. The third-order valence-electron chi connectivity index (χ3n) is 1.73. The molecule has 7 heteroatoms. The molecule has 1 N–H and O–H groups in total. The molecule has 1 amide bonds. The number of amides is 1. The summed E-state index contributed by atoms with van der Waals surface area (Å²) >= 11 is 5.66. The lowest BCUT2D eigenvalue weighted by atomic mass is 10.2. The highest BCUT2D eigenvalue weighted by molar-refractivity contribution is 6.33. The highest BCUT2D eigenvalue weighted by Crippen LogP contribution is 2.25. The van der Waals surface area contributed by atoms with Crippen LogP contribution in [0.2, 0.25) is 5.02 Å². The third kappa shape index (κ3) is 4.33. The maximum atomic E-state index is 11.9. The van der Waals surface area contributed by atoms with Crippen LogP contribution in [0.4, 0.5) is 18.9 Å². The molecule has 0 saturated carbocycles. The largest absolute Gasteiger partial charge is 0.397 e. The number of hydrogen-bond acceptors (Lipinski definition) is 2. The van der Waals surface area contributed by atoms with E-state index in [-0.39, 0.29) is 16.3 Å². The van der Waals surface area contributed by atoms with Crippen molar-refractivity contribution in [3.8, 4) is 6.07 Å². The van der Waals surface area contributed by atoms with Crippen molar-refractivity contribution in [1.29, 1.82) is 5.26 Å². The van der Waals surface area contributed by atoms with Crippen LogP contribution in [0.25, 0.3) is 0 Å². The van der Waals surface area contributed by atoms with Crippen LogP contribution in [-0.2, 0) is 4.79 Å². The zero-order valence-corrected chi connectivity index (χ0v) is 9.06. The summed E-state index contributed by atoms with van der Waals surface area (Å²) in [5, 5.41) is 10.7. The molecule has 0 spiro atoms. The van der Waals surface area contributed by atoms with Crippen LogP contribution in [0, 0.1) is 11.3 Å². The van der Waals surface area contributed by atoms with Gasteiger partial charge in [0.15, 0.2) is 0 Å². The number of carbonyl (C=O) groups is 1. The Morgan fingerprint density at radius 3 is 2.65 bits per heavy atom. The number of nitriles is 1. The summed E-state index contributed by atoms with van der Waals surface area (Å²) in [4.78, 5) is 11.0. The van der Waals surface area contributed by atoms with Gasteiger partial charge in [-0.3, -0.25) is 4.79 Å². The maximum absolute atomic E-state index is 11.9. The molecular formula is C10H6ClF3N2O. The van der Waals surface area contributed by atoms with Gasteiger partial charge < -0.3 is 5.32 Å². The number of hydrogen-bond donors (Lipinski definition) is 1. The molecule has 0 aliphatic carbocycles. The average molecular weight is 263 g/mol. The zero-order valence-electron chi connectivity index (χ0n) is 8.31. The second-order valence-electron chi connectivity index (χ2n) is 3.15. The van der Waals surface area contributed by atoms with Gasteiger partial charge in [0.1, 0.15) is 6.42 Å². The molecule has 3 nitrogen and oxygen atoms in total. The number of benzene rings is 1. The van der Waals surface area contributed by atoms with E-state index in [1.165, 1.54) is 18.2 Å². The molecule has 1 aromatic carbocycles. The Morgan fingerprint density at radius 1 is 1.47 bits per heavy atom. The summed E-state index contributed by atoms with van der Waals surface area (Å²) in [5.74, 6) is -1.23. The molecule has 0 unspecified atom stereocenters. The van der Waals surface area contributed by atoms with E-state index in [1.54, 1.807) is 6.07 Å². The summed E-state index contributed by atoms with van der Waals surface area (Å²) in [6.45, 7) is 0. The predicted octanol–water partition coefficient (Wildman–Crippen LogP) is 3.10. The monoisotopic (exact) mass is 262 g/mol. The van der Waals surface area contributed by atoms with Crippen LogP contribution in [0.15, 0.2) is 18.2 Å². The molecule has 0 saturated heterocycles. The zero-order chi connectivity index (χ0) is 13.1. The molecular weight excluding hydrogens is 257 g/mol. The van der Waals surface area contributed by atoms with Gasteiger partial charge in [-0.15, -0.1) is 0 Å². The fourth-order valence-corrected chi connectivity index (χ4v) is 1.23. The smallest absolute Gasteiger partial charge is 0.324 e. The van der Waals surface area contributed by atoms with Crippen molar-refractivity contribution < 1.29 is 18.0 Å². The Hall–Kier alpha value is -1.74. The van der Waals surface area contributed by atoms with Crippen molar-refractivity contribution in [1.82, 2.24) is 0 Å². The lowest BCUT2D eigenvalue weighted by Crippen LogP contribution is -2.21. The Labute approximate surface area is 99.8 Å². The van der Waals surface area contributed by atoms with Gasteiger partial charge in [0.2, 0.25) is 5.91 Å². The van der Waals surface area contributed by atoms with E-state index in [1.807, 2.05) is 5.32 Å². The van der Waals surface area contributed by atoms with Crippen LogP contribution in [0.1, 0.15) is 12.0 Å². The number of carbonyl (C=O) groups excluding carboxylic acids is 1. The van der Waals surface area contributed by atoms with Gasteiger partial charge in [-0.2, -0.15) is 18.4 Å². The van der Waals surface area contributed by atoms with Crippen molar-refractivity contribution in [3.63, 3.8) is 0 Å². The van der Waals surface area contributed by atoms with Gasteiger partial charge in [0.05, 0.1) is 22.3 Å². The SMILES string of the molecule is N#Cc1ccc(Cl)c(NC(=O)CC(F)(F)F)c1. The summed E-state index contributed by atoms with van der Waals surface area (Å²) in [6, 6.07) is 5.70. The molecule has 1 rings (SSSR count). The number of anilines is 1. The summed E-state index contributed by atoms with van der Waals surface area (Å²) in [5.41, 5.74) is 0.177. The van der Waals surface area contributed by atoms with E-state index < -0.39 is 18.5 Å². The van der Waals surface area contributed by atoms with E-state index >= 15 is 0 Å². The van der Waals surface area contributed by atoms with Crippen LogP contribution < -0.4 is 5.32 Å². The fourth-order valence-electron chi connectivity index (χ4n) is 1.07. The van der Waals surface area contributed by atoms with E-state index in [9.17, 15) is 18.0 Å². The lowest BCUT2D eigenvalue weighted by Gasteiger charge is -2.09. The second kappa shape index (κ2) is 5.06. The topological polar surface area (TPSA) is 52.9 Å². The molecule has 0 radical (unpaired) electrons. The number of nitrogens with one attached hydrogen (secondary N) is 1. The standard InChI is InChI=1S/C10H6ClF3N2O/c11-7-2-1-6(5-15)3-8(7)16-9(17)4-10(12,13)14/h1-3H,4H2,(H,16,17). The first kappa shape index (κ1) is 13.3. The minimum absolute atomic E-state index is 0.0139. The second-order valence-corrected chi connectivity index (χ2v) is 3.55. The Balaban J connectivity index is 2.82. The quantitative estimate of drug-likeness (QED) is 0.890. The molecule has 0 fully saturated rings. The first-order valence-electron chi connectivity index (χ1n) is 4.38. The Morgan fingerprint density at radius 2 is 2.12 bits per heavy atom. The fraction of sp³-hybridized carbons (Fsp3) is 0.200.